The zero-order valence-corrected chi connectivity index (χ0v) is 26.0. The normalized spacial score (nSPS) is 25.4. The molecular weight excluding hydrogens is 620 g/mol. The summed E-state index contributed by atoms with van der Waals surface area (Å²) in [4.78, 5) is 17.8. The number of nitrogens with two attached hydrogens (primary N) is 1. The lowest BCUT2D eigenvalue weighted by Gasteiger charge is -2.34. The largest absolute Gasteiger partial charge is 0.463 e. The molecule has 1 aromatic carbocycles. The van der Waals surface area contributed by atoms with Crippen molar-refractivity contribution in [2.45, 2.75) is 56.8 Å². The SMILES string of the molecule is C[C@@]1(F)CCN(CC2(COc3nc(N4CC5CCC(C4)N5)c4cnc(-c5c(F)cc(F)c6sc(N)c(C#N)c56)c(F)c4n3)CC2)C1. The molecule has 14 heteroatoms. The van der Waals surface area contributed by atoms with E-state index in [1.54, 1.807) is 6.92 Å². The van der Waals surface area contributed by atoms with Crippen LogP contribution in [0.25, 0.3) is 32.2 Å². The quantitative estimate of drug-likeness (QED) is 0.256. The summed E-state index contributed by atoms with van der Waals surface area (Å²) in [5, 5.41) is 13.5. The van der Waals surface area contributed by atoms with Crippen molar-refractivity contribution in [1.29, 1.82) is 5.26 Å². The fraction of sp³-hybridized carbons (Fsp3) is 0.500. The van der Waals surface area contributed by atoms with Crippen LogP contribution in [0.3, 0.4) is 0 Å². The van der Waals surface area contributed by atoms with Gasteiger partial charge in [-0.2, -0.15) is 15.2 Å². The number of nitriles is 1. The molecule has 1 saturated carbocycles. The van der Waals surface area contributed by atoms with Gasteiger partial charge in [0.25, 0.3) is 0 Å². The van der Waals surface area contributed by atoms with E-state index < -0.39 is 28.8 Å². The van der Waals surface area contributed by atoms with E-state index in [0.29, 0.717) is 56.4 Å². The van der Waals surface area contributed by atoms with Gasteiger partial charge in [0.15, 0.2) is 5.82 Å². The van der Waals surface area contributed by atoms with Crippen LogP contribution in [0.1, 0.15) is 44.6 Å². The van der Waals surface area contributed by atoms with Crippen LogP contribution in [0.5, 0.6) is 6.01 Å². The van der Waals surface area contributed by atoms with Gasteiger partial charge in [0.05, 0.1) is 22.3 Å². The van der Waals surface area contributed by atoms with Gasteiger partial charge in [-0.1, -0.05) is 0 Å². The van der Waals surface area contributed by atoms with Gasteiger partial charge in [0, 0.05) is 73.4 Å². The molecule has 0 spiro atoms. The number of piperazine rings is 1. The first-order valence-corrected chi connectivity index (χ1v) is 16.4. The number of likely N-dealkylation sites (tertiary alicyclic amines) is 1. The van der Waals surface area contributed by atoms with Crippen molar-refractivity contribution in [3.8, 4) is 23.3 Å². The smallest absolute Gasteiger partial charge is 0.319 e. The van der Waals surface area contributed by atoms with Crippen LogP contribution in [0.4, 0.5) is 28.4 Å². The summed E-state index contributed by atoms with van der Waals surface area (Å²) in [6.07, 6.45) is 5.77. The van der Waals surface area contributed by atoms with Gasteiger partial charge in [-0.05, 0) is 39.0 Å². The summed E-state index contributed by atoms with van der Waals surface area (Å²) in [6.45, 7) is 4.99. The highest BCUT2D eigenvalue weighted by molar-refractivity contribution is 7.23. The molecule has 9 nitrogen and oxygen atoms in total. The van der Waals surface area contributed by atoms with Crippen molar-refractivity contribution in [3.05, 3.63) is 35.3 Å². The van der Waals surface area contributed by atoms with Crippen LogP contribution in [0, 0.1) is 34.2 Å². The first kappa shape index (κ1) is 29.6. The van der Waals surface area contributed by atoms with Gasteiger partial charge in [-0.15, -0.1) is 11.3 Å². The van der Waals surface area contributed by atoms with Crippen molar-refractivity contribution in [2.24, 2.45) is 5.41 Å². The van der Waals surface area contributed by atoms with Crippen molar-refractivity contribution in [2.75, 3.05) is 50.0 Å². The first-order valence-electron chi connectivity index (χ1n) is 15.5. The lowest BCUT2D eigenvalue weighted by molar-refractivity contribution is 0.146. The molecule has 8 rings (SSSR count). The van der Waals surface area contributed by atoms with E-state index in [-0.39, 0.29) is 61.8 Å². The average Bonchev–Trinajstić information content (AvgIpc) is 3.40. The maximum Gasteiger partial charge on any atom is 0.319 e. The minimum atomic E-state index is -1.20. The van der Waals surface area contributed by atoms with Gasteiger partial charge in [-0.25, -0.2) is 17.6 Å². The highest BCUT2D eigenvalue weighted by Gasteiger charge is 2.47. The molecule has 0 radical (unpaired) electrons. The van der Waals surface area contributed by atoms with Gasteiger partial charge >= 0.3 is 6.01 Å². The monoisotopic (exact) mass is 652 g/mol. The Morgan fingerprint density at radius 3 is 2.59 bits per heavy atom. The van der Waals surface area contributed by atoms with E-state index in [4.69, 9.17) is 15.5 Å². The molecule has 4 aromatic rings. The molecule has 3 aromatic heterocycles. The van der Waals surface area contributed by atoms with Crippen molar-refractivity contribution >= 4 is 43.1 Å². The van der Waals surface area contributed by atoms with Gasteiger partial charge in [-0.3, -0.25) is 9.88 Å². The summed E-state index contributed by atoms with van der Waals surface area (Å²) >= 11 is 0.794. The second kappa shape index (κ2) is 10.6. The zero-order valence-electron chi connectivity index (χ0n) is 25.2. The molecule has 4 fully saturated rings. The Labute approximate surface area is 266 Å². The van der Waals surface area contributed by atoms with E-state index in [2.05, 4.69) is 25.1 Å². The van der Waals surface area contributed by atoms with Gasteiger partial charge in [0.1, 0.15) is 45.4 Å². The molecule has 240 valence electrons. The molecule has 4 aliphatic rings. The fourth-order valence-corrected chi connectivity index (χ4v) is 8.34. The number of nitrogens with zero attached hydrogens (tertiary/aromatic N) is 6. The number of aromatic nitrogens is 3. The summed E-state index contributed by atoms with van der Waals surface area (Å²) in [6, 6.07) is 3.05. The second-order valence-electron chi connectivity index (χ2n) is 13.6. The number of fused-ring (bicyclic) bond motifs is 4. The third-order valence-corrected chi connectivity index (χ3v) is 11.0. The minimum Gasteiger partial charge on any atom is -0.463 e. The van der Waals surface area contributed by atoms with Crippen LogP contribution in [-0.2, 0) is 0 Å². The number of ether oxygens (including phenoxy) is 1. The number of benzene rings is 1. The highest BCUT2D eigenvalue weighted by atomic mass is 32.1. The second-order valence-corrected chi connectivity index (χ2v) is 14.6. The fourth-order valence-electron chi connectivity index (χ4n) is 7.41. The van der Waals surface area contributed by atoms with Crippen LogP contribution in [0.15, 0.2) is 12.3 Å². The third kappa shape index (κ3) is 5.00. The van der Waals surface area contributed by atoms with E-state index in [1.807, 2.05) is 6.07 Å². The number of rotatable bonds is 7. The van der Waals surface area contributed by atoms with Crippen LogP contribution in [0.2, 0.25) is 0 Å². The number of hydrogen-bond acceptors (Lipinski definition) is 10. The van der Waals surface area contributed by atoms with Crippen molar-refractivity contribution in [3.63, 3.8) is 0 Å². The van der Waals surface area contributed by atoms with E-state index >= 15 is 8.78 Å². The lowest BCUT2D eigenvalue weighted by Crippen LogP contribution is -2.51. The molecule has 3 N–H and O–H groups in total. The maximum atomic E-state index is 16.7. The summed E-state index contributed by atoms with van der Waals surface area (Å²) in [7, 11) is 0. The molecular formula is C32H32F4N8OS. The summed E-state index contributed by atoms with van der Waals surface area (Å²) in [5.41, 5.74) is 3.58. The third-order valence-electron chi connectivity index (χ3n) is 9.93. The van der Waals surface area contributed by atoms with Crippen LogP contribution >= 0.6 is 11.3 Å². The maximum absolute atomic E-state index is 16.7. The lowest BCUT2D eigenvalue weighted by atomic mass is 10.0. The first-order chi connectivity index (χ1) is 22.0. The number of hydrogen-bond donors (Lipinski definition) is 2. The number of halogens is 4. The topological polar surface area (TPSA) is 116 Å². The number of nitrogens with one attached hydrogen (secondary N) is 1. The average molecular weight is 653 g/mol. The zero-order chi connectivity index (χ0) is 32.0. The Kier molecular flexibility index (Phi) is 6.83. The van der Waals surface area contributed by atoms with Gasteiger partial charge < -0.3 is 20.7 Å². The predicted octanol–water partition coefficient (Wildman–Crippen LogP) is 5.31. The molecule has 2 unspecified atom stereocenters. The highest BCUT2D eigenvalue weighted by Crippen LogP contribution is 2.48. The molecule has 0 amide bonds. The van der Waals surface area contributed by atoms with E-state index in [0.717, 1.165) is 37.0 Å². The summed E-state index contributed by atoms with van der Waals surface area (Å²) in [5.74, 6) is -2.44. The van der Waals surface area contributed by atoms with Crippen molar-refractivity contribution in [1.82, 2.24) is 25.2 Å². The number of nitrogen functional groups attached to an aromatic ring is 1. The Hall–Kier alpha value is -3.80. The Bertz CT molecular complexity index is 1930. The molecule has 2 bridgehead atoms. The Balaban J connectivity index is 1.21. The van der Waals surface area contributed by atoms with E-state index in [9.17, 15) is 14.0 Å². The molecule has 3 saturated heterocycles. The number of alkyl halides is 1. The molecule has 3 atom stereocenters. The molecule has 3 aliphatic heterocycles. The van der Waals surface area contributed by atoms with E-state index in [1.165, 1.54) is 6.20 Å². The minimum absolute atomic E-state index is 0.00263. The Morgan fingerprint density at radius 2 is 1.91 bits per heavy atom. The van der Waals surface area contributed by atoms with Crippen LogP contribution < -0.4 is 20.7 Å². The van der Waals surface area contributed by atoms with Crippen molar-refractivity contribution < 1.29 is 22.3 Å². The Morgan fingerprint density at radius 1 is 1.15 bits per heavy atom. The van der Waals surface area contributed by atoms with Gasteiger partial charge in [0.2, 0.25) is 0 Å². The predicted molar refractivity (Wildman–Crippen MR) is 167 cm³/mol. The standard InChI is InChI=1S/C32H32F4N8OS/c1-31(36)6-7-43(13-31)14-32(4-5-32)15-45-30-41-25-19(29(42-30)44-11-16-2-3-17(12-44)40-16)10-39-26(24(25)35)23-20(33)8-21(34)27-22(23)18(9-37)28(38)46-27/h8,10,16-17,40H,2-7,11-15,38H2,1H3/t16?,17?,31-/m1/s1. The van der Waals surface area contributed by atoms with Crippen LogP contribution in [-0.4, -0.2) is 76.9 Å². The number of thiophene rings is 1. The summed E-state index contributed by atoms with van der Waals surface area (Å²) < 4.78 is 67.6. The number of pyridine rings is 1. The molecule has 46 heavy (non-hydrogen) atoms. The molecule has 6 heterocycles. The number of anilines is 2. The molecule has 1 aliphatic carbocycles.